The van der Waals surface area contributed by atoms with Crippen molar-refractivity contribution < 1.29 is 13.9 Å². The Kier molecular flexibility index (Phi) is 5.10. The van der Waals surface area contributed by atoms with Crippen molar-refractivity contribution in [2.45, 2.75) is 13.1 Å². The predicted molar refractivity (Wildman–Crippen MR) is 96.3 cm³/mol. The number of imidazole rings is 1. The zero-order valence-electron chi connectivity index (χ0n) is 14.7. The van der Waals surface area contributed by atoms with Crippen molar-refractivity contribution in [3.63, 3.8) is 0 Å². The van der Waals surface area contributed by atoms with E-state index >= 15 is 0 Å². The van der Waals surface area contributed by atoms with Crippen molar-refractivity contribution in [1.82, 2.24) is 24.8 Å². The number of morpholine rings is 1. The molecule has 1 aliphatic heterocycles. The molecule has 1 N–H and O–H groups in total. The van der Waals surface area contributed by atoms with Crippen LogP contribution in [-0.2, 0) is 17.8 Å². The van der Waals surface area contributed by atoms with Gasteiger partial charge < -0.3 is 23.9 Å². The van der Waals surface area contributed by atoms with E-state index in [2.05, 4.69) is 25.2 Å². The van der Waals surface area contributed by atoms with Gasteiger partial charge in [0, 0.05) is 31.5 Å². The summed E-state index contributed by atoms with van der Waals surface area (Å²) in [5.41, 5.74) is 0.741. The van der Waals surface area contributed by atoms with Gasteiger partial charge in [0.05, 0.1) is 38.3 Å². The van der Waals surface area contributed by atoms with Crippen LogP contribution >= 0.6 is 0 Å². The Balaban J connectivity index is 1.34. The van der Waals surface area contributed by atoms with Crippen LogP contribution in [0.4, 0.5) is 5.82 Å². The van der Waals surface area contributed by atoms with Gasteiger partial charge in [-0.1, -0.05) is 0 Å². The Hall–Kier alpha value is -3.20. The van der Waals surface area contributed by atoms with Crippen LogP contribution < -0.4 is 10.2 Å². The molecule has 0 radical (unpaired) electrons. The van der Waals surface area contributed by atoms with Crippen LogP contribution in [0, 0.1) is 0 Å². The number of amides is 1. The quantitative estimate of drug-likeness (QED) is 0.695. The Bertz CT molecular complexity index is 886. The summed E-state index contributed by atoms with van der Waals surface area (Å²) in [7, 11) is 0. The summed E-state index contributed by atoms with van der Waals surface area (Å²) < 4.78 is 12.8. The predicted octanol–water partition coefficient (Wildman–Crippen LogP) is 1.08. The van der Waals surface area contributed by atoms with Crippen molar-refractivity contribution in [2.75, 3.05) is 31.2 Å². The number of carbonyl (C=O) groups is 1. The van der Waals surface area contributed by atoms with Gasteiger partial charge in [0.2, 0.25) is 0 Å². The third-order valence-corrected chi connectivity index (χ3v) is 4.26. The summed E-state index contributed by atoms with van der Waals surface area (Å²) in [5, 5.41) is 2.83. The molecule has 0 atom stereocenters. The molecule has 1 fully saturated rings. The molecule has 0 saturated carbocycles. The number of hydrogen-bond acceptors (Lipinski definition) is 7. The average Bonchev–Trinajstić information content (AvgIpc) is 3.40. The summed E-state index contributed by atoms with van der Waals surface area (Å²) in [4.78, 5) is 27.0. The third-order valence-electron chi connectivity index (χ3n) is 4.26. The molecule has 0 bridgehead atoms. The smallest absolute Gasteiger partial charge is 0.287 e. The maximum absolute atomic E-state index is 12.3. The number of nitrogens with one attached hydrogen (secondary N) is 1. The summed E-state index contributed by atoms with van der Waals surface area (Å²) in [6.07, 6.45) is 6.75. The number of nitrogens with zero attached hydrogens (tertiary/aromatic N) is 5. The van der Waals surface area contributed by atoms with Crippen LogP contribution in [-0.4, -0.2) is 51.7 Å². The number of aromatic nitrogens is 4. The van der Waals surface area contributed by atoms with E-state index in [4.69, 9.17) is 9.15 Å². The van der Waals surface area contributed by atoms with Gasteiger partial charge in [-0.2, -0.15) is 0 Å². The molecule has 1 saturated heterocycles. The van der Waals surface area contributed by atoms with Gasteiger partial charge in [0.25, 0.3) is 5.91 Å². The highest BCUT2D eigenvalue weighted by Crippen LogP contribution is 2.13. The largest absolute Gasteiger partial charge is 0.454 e. The topological polar surface area (TPSA) is 98.3 Å². The highest BCUT2D eigenvalue weighted by molar-refractivity contribution is 5.91. The fraction of sp³-hybridized carbons (Fsp3) is 0.333. The van der Waals surface area contributed by atoms with Gasteiger partial charge in [0.15, 0.2) is 5.76 Å². The van der Waals surface area contributed by atoms with Gasteiger partial charge >= 0.3 is 0 Å². The van der Waals surface area contributed by atoms with Crippen LogP contribution in [0.2, 0.25) is 0 Å². The first-order chi connectivity index (χ1) is 13.3. The molecule has 0 aromatic carbocycles. The Morgan fingerprint density at radius 2 is 2.11 bits per heavy atom. The van der Waals surface area contributed by atoms with Crippen LogP contribution in [0.3, 0.4) is 0 Å². The van der Waals surface area contributed by atoms with Gasteiger partial charge in [-0.05, 0) is 12.1 Å². The molecular formula is C18H20N6O3. The molecule has 27 heavy (non-hydrogen) atoms. The maximum atomic E-state index is 12.3. The number of hydrogen-bond donors (Lipinski definition) is 1. The van der Waals surface area contributed by atoms with E-state index in [9.17, 15) is 4.79 Å². The SMILES string of the molecule is O=C(NCc1cc(N2CCOCC2)ncn1)c1ccc(Cn2ccnc2)o1. The van der Waals surface area contributed by atoms with Gasteiger partial charge in [0.1, 0.15) is 17.9 Å². The van der Waals surface area contributed by atoms with E-state index in [-0.39, 0.29) is 11.7 Å². The second-order valence-electron chi connectivity index (χ2n) is 6.15. The molecule has 0 aliphatic carbocycles. The van der Waals surface area contributed by atoms with Crippen LogP contribution in [0.5, 0.6) is 0 Å². The van der Waals surface area contributed by atoms with E-state index < -0.39 is 0 Å². The van der Waals surface area contributed by atoms with E-state index in [0.29, 0.717) is 32.1 Å². The second-order valence-corrected chi connectivity index (χ2v) is 6.15. The zero-order valence-corrected chi connectivity index (χ0v) is 14.7. The van der Waals surface area contributed by atoms with Gasteiger partial charge in [-0.25, -0.2) is 15.0 Å². The molecule has 140 valence electrons. The molecule has 0 spiro atoms. The lowest BCUT2D eigenvalue weighted by atomic mass is 10.3. The molecule has 1 aliphatic rings. The number of furan rings is 1. The van der Waals surface area contributed by atoms with Crippen molar-refractivity contribution in [1.29, 1.82) is 0 Å². The molecular weight excluding hydrogens is 348 g/mol. The molecule has 0 unspecified atom stereocenters. The number of carbonyl (C=O) groups excluding carboxylic acids is 1. The normalized spacial score (nSPS) is 14.3. The molecule has 4 rings (SSSR count). The first-order valence-corrected chi connectivity index (χ1v) is 8.74. The minimum Gasteiger partial charge on any atom is -0.454 e. The fourth-order valence-electron chi connectivity index (χ4n) is 2.85. The third kappa shape index (κ3) is 4.32. The standard InChI is InChI=1S/C18H20N6O3/c25-18(16-2-1-15(27-16)11-23-4-3-19-13-23)20-10-14-9-17(22-12-21-14)24-5-7-26-8-6-24/h1-4,9,12-13H,5-8,10-11H2,(H,20,25). The number of ether oxygens (including phenoxy) is 1. The van der Waals surface area contributed by atoms with E-state index in [0.717, 1.165) is 24.6 Å². The molecule has 9 heteroatoms. The van der Waals surface area contributed by atoms with Crippen LogP contribution in [0.1, 0.15) is 22.0 Å². The molecule has 3 aromatic rings. The molecule has 4 heterocycles. The summed E-state index contributed by atoms with van der Waals surface area (Å²) in [5.74, 6) is 1.53. The Morgan fingerprint density at radius 1 is 1.22 bits per heavy atom. The first-order valence-electron chi connectivity index (χ1n) is 8.74. The van der Waals surface area contributed by atoms with Crippen molar-refractivity contribution in [3.05, 3.63) is 60.5 Å². The molecule has 3 aromatic heterocycles. The lowest BCUT2D eigenvalue weighted by molar-refractivity contribution is 0.0920. The van der Waals surface area contributed by atoms with E-state index in [1.54, 1.807) is 24.7 Å². The average molecular weight is 368 g/mol. The highest BCUT2D eigenvalue weighted by atomic mass is 16.5. The Morgan fingerprint density at radius 3 is 2.93 bits per heavy atom. The van der Waals surface area contributed by atoms with Crippen molar-refractivity contribution in [3.8, 4) is 0 Å². The minimum absolute atomic E-state index is 0.271. The van der Waals surface area contributed by atoms with Crippen molar-refractivity contribution >= 4 is 11.7 Å². The summed E-state index contributed by atoms with van der Waals surface area (Å²) in [6, 6.07) is 5.34. The van der Waals surface area contributed by atoms with E-state index in [1.807, 2.05) is 16.8 Å². The summed E-state index contributed by atoms with van der Waals surface area (Å²) >= 11 is 0. The minimum atomic E-state index is -0.279. The maximum Gasteiger partial charge on any atom is 0.287 e. The van der Waals surface area contributed by atoms with Gasteiger partial charge in [-0.3, -0.25) is 4.79 Å². The van der Waals surface area contributed by atoms with Gasteiger partial charge in [-0.15, -0.1) is 0 Å². The number of anilines is 1. The van der Waals surface area contributed by atoms with Crippen molar-refractivity contribution in [2.24, 2.45) is 0 Å². The molecule has 9 nitrogen and oxygen atoms in total. The molecule has 1 amide bonds. The van der Waals surface area contributed by atoms with Crippen LogP contribution in [0.15, 0.2) is 47.7 Å². The van der Waals surface area contributed by atoms with Crippen LogP contribution in [0.25, 0.3) is 0 Å². The Labute approximate surface area is 156 Å². The lowest BCUT2D eigenvalue weighted by Crippen LogP contribution is -2.36. The van der Waals surface area contributed by atoms with E-state index in [1.165, 1.54) is 6.33 Å². The second kappa shape index (κ2) is 8.00. The fourth-order valence-corrected chi connectivity index (χ4v) is 2.85. The highest BCUT2D eigenvalue weighted by Gasteiger charge is 2.14. The first kappa shape index (κ1) is 17.2. The monoisotopic (exact) mass is 368 g/mol. The lowest BCUT2D eigenvalue weighted by Gasteiger charge is -2.27. The number of rotatable bonds is 6. The zero-order chi connectivity index (χ0) is 18.5. The summed E-state index contributed by atoms with van der Waals surface area (Å²) in [6.45, 7) is 3.81.